The summed E-state index contributed by atoms with van der Waals surface area (Å²) < 4.78 is 0. The Labute approximate surface area is 175 Å². The lowest BCUT2D eigenvalue weighted by Crippen LogP contribution is -2.29. The molecule has 2 aromatic carbocycles. The molecule has 0 bridgehead atoms. The lowest BCUT2D eigenvalue weighted by molar-refractivity contribution is 0.0963. The fourth-order valence-corrected chi connectivity index (χ4v) is 4.32. The van der Waals surface area contributed by atoms with E-state index in [9.17, 15) is 14.4 Å². The van der Waals surface area contributed by atoms with Gasteiger partial charge >= 0.3 is 0 Å². The topological polar surface area (TPSA) is 79.0 Å². The predicted octanol–water partition coefficient (Wildman–Crippen LogP) is 4.47. The zero-order chi connectivity index (χ0) is 21.4. The molecule has 4 rings (SSSR count). The normalized spacial score (nSPS) is 15.6. The third-order valence-electron chi connectivity index (χ3n) is 5.74. The highest BCUT2D eigenvalue weighted by Gasteiger charge is 2.29. The molecule has 0 saturated carbocycles. The Morgan fingerprint density at radius 3 is 2.30 bits per heavy atom. The molecule has 1 amide bonds. The van der Waals surface area contributed by atoms with Crippen LogP contribution in [0.25, 0.3) is 0 Å². The highest BCUT2D eigenvalue weighted by atomic mass is 16.2. The zero-order valence-electron chi connectivity index (χ0n) is 17.3. The molecule has 0 aliphatic heterocycles. The zero-order valence-corrected chi connectivity index (χ0v) is 17.3. The minimum Gasteiger partial charge on any atom is -0.325 e. The number of ketones is 1. The second kappa shape index (κ2) is 7.75. The highest BCUT2D eigenvalue weighted by molar-refractivity contribution is 6.07. The number of benzene rings is 2. The van der Waals surface area contributed by atoms with Crippen molar-refractivity contribution in [2.75, 3.05) is 5.32 Å². The number of fused-ring (bicyclic) bond motifs is 1. The number of H-pyrrole nitrogens is 1. The van der Waals surface area contributed by atoms with E-state index < -0.39 is 11.5 Å². The summed E-state index contributed by atoms with van der Waals surface area (Å²) in [7, 11) is 0. The number of carbonyl (C=O) groups excluding carboxylic acids is 2. The van der Waals surface area contributed by atoms with E-state index in [1.807, 2.05) is 63.2 Å². The molecular formula is C25H24N2O3. The van der Waals surface area contributed by atoms with Gasteiger partial charge in [0.25, 0.3) is 11.5 Å². The van der Waals surface area contributed by atoms with Crippen LogP contribution < -0.4 is 10.9 Å². The Kier molecular flexibility index (Phi) is 5.12. The minimum absolute atomic E-state index is 0.0272. The molecule has 0 radical (unpaired) electrons. The number of aromatic amines is 1. The van der Waals surface area contributed by atoms with E-state index in [-0.39, 0.29) is 17.3 Å². The van der Waals surface area contributed by atoms with E-state index in [4.69, 9.17) is 0 Å². The SMILES string of the molecule is Cc1cc(C)c(NC(=O)c2cc3c([nH]c2=O)C[C@H](c2ccccc2)CC3=O)c(C)c1. The van der Waals surface area contributed by atoms with Gasteiger partial charge in [0.15, 0.2) is 5.78 Å². The molecule has 1 aliphatic carbocycles. The van der Waals surface area contributed by atoms with Gasteiger partial charge in [0.1, 0.15) is 5.56 Å². The summed E-state index contributed by atoms with van der Waals surface area (Å²) >= 11 is 0. The third kappa shape index (κ3) is 3.71. The molecule has 0 unspecified atom stereocenters. The summed E-state index contributed by atoms with van der Waals surface area (Å²) in [6.07, 6.45) is 0.929. The molecule has 1 heterocycles. The summed E-state index contributed by atoms with van der Waals surface area (Å²) in [4.78, 5) is 41.1. The van der Waals surface area contributed by atoms with E-state index in [1.165, 1.54) is 6.07 Å². The maximum atomic E-state index is 12.9. The van der Waals surface area contributed by atoms with Gasteiger partial charge in [-0.15, -0.1) is 0 Å². The van der Waals surface area contributed by atoms with Gasteiger partial charge < -0.3 is 10.3 Å². The van der Waals surface area contributed by atoms with Gasteiger partial charge in [-0.3, -0.25) is 14.4 Å². The molecule has 1 aromatic heterocycles. The van der Waals surface area contributed by atoms with Crippen LogP contribution in [0.1, 0.15) is 61.0 Å². The van der Waals surface area contributed by atoms with Crippen LogP contribution in [0.3, 0.4) is 0 Å². The van der Waals surface area contributed by atoms with Crippen LogP contribution in [0.15, 0.2) is 53.3 Å². The Hall–Kier alpha value is -3.47. The van der Waals surface area contributed by atoms with Crippen LogP contribution >= 0.6 is 0 Å². The molecule has 152 valence electrons. The number of hydrogen-bond acceptors (Lipinski definition) is 3. The monoisotopic (exact) mass is 400 g/mol. The molecule has 2 N–H and O–H groups in total. The summed E-state index contributed by atoms with van der Waals surface area (Å²) in [5, 5.41) is 2.85. The molecule has 3 aromatic rings. The average Bonchev–Trinajstić information content (AvgIpc) is 2.70. The van der Waals surface area contributed by atoms with Gasteiger partial charge in [-0.25, -0.2) is 0 Å². The van der Waals surface area contributed by atoms with Crippen molar-refractivity contribution in [2.24, 2.45) is 0 Å². The van der Waals surface area contributed by atoms with Gasteiger partial charge in [-0.05, 0) is 55.9 Å². The first-order valence-corrected chi connectivity index (χ1v) is 10.1. The van der Waals surface area contributed by atoms with Crippen LogP contribution in [0.4, 0.5) is 5.69 Å². The highest BCUT2D eigenvalue weighted by Crippen LogP contribution is 2.31. The second-order valence-corrected chi connectivity index (χ2v) is 8.07. The molecular weight excluding hydrogens is 376 g/mol. The maximum Gasteiger partial charge on any atom is 0.261 e. The fourth-order valence-electron chi connectivity index (χ4n) is 4.32. The molecule has 30 heavy (non-hydrogen) atoms. The first kappa shape index (κ1) is 19.8. The Bertz CT molecular complexity index is 1190. The largest absolute Gasteiger partial charge is 0.325 e. The van der Waals surface area contributed by atoms with Crippen molar-refractivity contribution in [3.8, 4) is 0 Å². The van der Waals surface area contributed by atoms with E-state index in [2.05, 4.69) is 10.3 Å². The fraction of sp³-hybridized carbons (Fsp3) is 0.240. The number of nitrogens with one attached hydrogen (secondary N) is 2. The lowest BCUT2D eigenvalue weighted by Gasteiger charge is -2.24. The third-order valence-corrected chi connectivity index (χ3v) is 5.74. The van der Waals surface area contributed by atoms with Crippen molar-refractivity contribution in [1.82, 2.24) is 4.98 Å². The van der Waals surface area contributed by atoms with Gasteiger partial charge in [0.2, 0.25) is 0 Å². The summed E-state index contributed by atoms with van der Waals surface area (Å²) in [6.45, 7) is 5.83. The maximum absolute atomic E-state index is 12.9. The van der Waals surface area contributed by atoms with Crippen LogP contribution in [-0.2, 0) is 6.42 Å². The van der Waals surface area contributed by atoms with E-state index in [0.717, 1.165) is 22.3 Å². The van der Waals surface area contributed by atoms with Crippen molar-refractivity contribution >= 4 is 17.4 Å². The van der Waals surface area contributed by atoms with Gasteiger partial charge in [-0.1, -0.05) is 48.0 Å². The van der Waals surface area contributed by atoms with Gasteiger partial charge in [-0.2, -0.15) is 0 Å². The number of aromatic nitrogens is 1. The Morgan fingerprint density at radius 2 is 1.63 bits per heavy atom. The van der Waals surface area contributed by atoms with Gasteiger partial charge in [0.05, 0.1) is 0 Å². The number of hydrogen-bond donors (Lipinski definition) is 2. The summed E-state index contributed by atoms with van der Waals surface area (Å²) in [5.41, 5.74) is 5.24. The number of amides is 1. The van der Waals surface area contributed by atoms with Crippen molar-refractivity contribution in [1.29, 1.82) is 0 Å². The number of carbonyl (C=O) groups is 2. The lowest BCUT2D eigenvalue weighted by atomic mass is 9.81. The number of pyridine rings is 1. The minimum atomic E-state index is -0.507. The number of aryl methyl sites for hydroxylation is 3. The van der Waals surface area contributed by atoms with Crippen LogP contribution in [0, 0.1) is 20.8 Å². The predicted molar refractivity (Wildman–Crippen MR) is 118 cm³/mol. The molecule has 5 heteroatoms. The van der Waals surface area contributed by atoms with E-state index >= 15 is 0 Å². The van der Waals surface area contributed by atoms with E-state index in [1.54, 1.807) is 0 Å². The van der Waals surface area contributed by atoms with Crippen LogP contribution in [0.2, 0.25) is 0 Å². The standard InChI is InChI=1S/C25H24N2O3/c1-14-9-15(2)23(16(3)10-14)27-25(30)20-13-19-21(26-24(20)29)11-18(12-22(19)28)17-7-5-4-6-8-17/h4-10,13,18H,11-12H2,1-3H3,(H,26,29)(H,27,30)/t18-/m0/s1. The number of anilines is 1. The van der Waals surface area contributed by atoms with Crippen molar-refractivity contribution in [2.45, 2.75) is 39.5 Å². The Balaban J connectivity index is 1.65. The summed E-state index contributed by atoms with van der Waals surface area (Å²) in [6, 6.07) is 15.2. The Morgan fingerprint density at radius 1 is 0.967 bits per heavy atom. The van der Waals surface area contributed by atoms with Crippen molar-refractivity contribution in [3.63, 3.8) is 0 Å². The molecule has 1 atom stereocenters. The van der Waals surface area contributed by atoms with Gasteiger partial charge in [0, 0.05) is 23.4 Å². The molecule has 5 nitrogen and oxygen atoms in total. The quantitative estimate of drug-likeness (QED) is 0.681. The second-order valence-electron chi connectivity index (χ2n) is 8.07. The van der Waals surface area contributed by atoms with Crippen LogP contribution in [-0.4, -0.2) is 16.7 Å². The number of Topliss-reactive ketones (excluding diaryl/α,β-unsaturated/α-hetero) is 1. The number of rotatable bonds is 3. The molecule has 0 spiro atoms. The molecule has 0 fully saturated rings. The van der Waals surface area contributed by atoms with Crippen molar-refractivity contribution in [3.05, 3.63) is 98.0 Å². The summed E-state index contributed by atoms with van der Waals surface area (Å²) in [5.74, 6) is -0.537. The van der Waals surface area contributed by atoms with Crippen LogP contribution in [0.5, 0.6) is 0 Å². The smallest absolute Gasteiger partial charge is 0.261 e. The first-order chi connectivity index (χ1) is 14.3. The van der Waals surface area contributed by atoms with Crippen molar-refractivity contribution < 1.29 is 9.59 Å². The average molecular weight is 400 g/mol. The van der Waals surface area contributed by atoms with E-state index in [0.29, 0.717) is 29.8 Å². The first-order valence-electron chi connectivity index (χ1n) is 10.1. The molecule has 1 aliphatic rings. The molecule has 0 saturated heterocycles.